The van der Waals surface area contributed by atoms with Crippen LogP contribution in [0.1, 0.15) is 23.0 Å². The molecule has 7 nitrogen and oxygen atoms in total. The van der Waals surface area contributed by atoms with Crippen molar-refractivity contribution in [2.45, 2.75) is 12.5 Å². The second kappa shape index (κ2) is 5.25. The molecule has 0 spiro atoms. The predicted molar refractivity (Wildman–Crippen MR) is 84.5 cm³/mol. The van der Waals surface area contributed by atoms with Gasteiger partial charge in [0.25, 0.3) is 5.78 Å². The molecule has 2 N–H and O–H groups in total. The number of halogens is 1. The minimum Gasteiger partial charge on any atom is -0.507 e. The first-order valence-corrected chi connectivity index (χ1v) is 7.21. The van der Waals surface area contributed by atoms with Gasteiger partial charge < -0.3 is 24.1 Å². The molecular formula is C16H13ClO7. The number of methoxy groups -OCH3 is 2. The molecule has 0 radical (unpaired) electrons. The Morgan fingerprint density at radius 2 is 1.88 bits per heavy atom. The first kappa shape index (κ1) is 16.4. The molecule has 0 amide bonds. The number of phenols is 1. The van der Waals surface area contributed by atoms with Crippen LogP contribution >= 0.6 is 11.6 Å². The maximum absolute atomic E-state index is 12.5. The number of rotatable bonds is 2. The van der Waals surface area contributed by atoms with E-state index in [0.29, 0.717) is 0 Å². The van der Waals surface area contributed by atoms with Crippen molar-refractivity contribution in [3.8, 4) is 11.5 Å². The van der Waals surface area contributed by atoms with Crippen LogP contribution in [0.2, 0.25) is 0 Å². The van der Waals surface area contributed by atoms with Crippen LogP contribution < -0.4 is 10.4 Å². The molecule has 0 aliphatic heterocycles. The molecule has 1 aliphatic rings. The number of phenolic OH excluding ortho intramolecular Hbond substituents is 1. The summed E-state index contributed by atoms with van der Waals surface area (Å²) in [4.78, 5) is 24.7. The van der Waals surface area contributed by atoms with Crippen molar-refractivity contribution in [2.24, 2.45) is 0 Å². The number of hydrogen-bond donors (Lipinski definition) is 2. The summed E-state index contributed by atoms with van der Waals surface area (Å²) in [5.74, 6) is -1.66. The summed E-state index contributed by atoms with van der Waals surface area (Å²) in [7, 11) is 2.59. The van der Waals surface area contributed by atoms with Crippen LogP contribution in [0.15, 0.2) is 32.1 Å². The van der Waals surface area contributed by atoms with Gasteiger partial charge in [0.05, 0.1) is 14.2 Å². The molecule has 8 heteroatoms. The number of fused-ring (bicyclic) bond motifs is 3. The predicted octanol–water partition coefficient (Wildman–Crippen LogP) is 2.01. The normalized spacial score (nSPS) is 20.3. The molecule has 1 heterocycles. The maximum Gasteiger partial charge on any atom is 0.348 e. The van der Waals surface area contributed by atoms with Gasteiger partial charge in [-0.3, -0.25) is 4.79 Å². The van der Waals surface area contributed by atoms with Gasteiger partial charge in [0.15, 0.2) is 11.5 Å². The number of hydrogen-bond acceptors (Lipinski definition) is 7. The molecule has 126 valence electrons. The van der Waals surface area contributed by atoms with Crippen molar-refractivity contribution in [3.63, 3.8) is 0 Å². The Bertz CT molecular complexity index is 969. The van der Waals surface area contributed by atoms with Crippen LogP contribution in [0.25, 0.3) is 10.8 Å². The summed E-state index contributed by atoms with van der Waals surface area (Å²) in [5, 5.41) is 20.6. The molecule has 1 aromatic carbocycles. The zero-order valence-electron chi connectivity index (χ0n) is 13.0. The van der Waals surface area contributed by atoms with E-state index in [9.17, 15) is 19.8 Å². The van der Waals surface area contributed by atoms with E-state index < -0.39 is 28.5 Å². The monoisotopic (exact) mass is 352 g/mol. The molecule has 0 unspecified atom stereocenters. The zero-order chi connectivity index (χ0) is 17.8. The quantitative estimate of drug-likeness (QED) is 0.851. The van der Waals surface area contributed by atoms with E-state index in [4.69, 9.17) is 25.5 Å². The molecular weight excluding hydrogens is 340 g/mol. The molecule has 3 rings (SSSR count). The Morgan fingerprint density at radius 3 is 2.46 bits per heavy atom. The number of ketones is 1. The lowest BCUT2D eigenvalue weighted by molar-refractivity contribution is 0.0725. The molecule has 0 fully saturated rings. The molecule has 1 atom stereocenters. The Hall–Kier alpha value is -2.51. The minimum absolute atomic E-state index is 0.0397. The lowest BCUT2D eigenvalue weighted by Crippen LogP contribution is -2.33. The van der Waals surface area contributed by atoms with E-state index >= 15 is 0 Å². The Kier molecular flexibility index (Phi) is 3.58. The number of ether oxygens (including phenoxy) is 2. The SMILES string of the molecule is COC1=C(Cl)[C@](C)(O)c2c(oc(=O)c3c(O)cc(OC)cc23)C1=O. The summed E-state index contributed by atoms with van der Waals surface area (Å²) in [6, 6.07) is 2.64. The third-order valence-electron chi connectivity index (χ3n) is 3.95. The van der Waals surface area contributed by atoms with E-state index in [0.717, 1.165) is 0 Å². The fraction of sp³-hybridized carbons (Fsp3) is 0.250. The molecule has 0 bridgehead atoms. The van der Waals surface area contributed by atoms with Crippen molar-refractivity contribution < 1.29 is 28.9 Å². The van der Waals surface area contributed by atoms with Gasteiger partial charge in [-0.1, -0.05) is 11.6 Å². The zero-order valence-corrected chi connectivity index (χ0v) is 13.7. The fourth-order valence-electron chi connectivity index (χ4n) is 2.81. The second-order valence-electron chi connectivity index (χ2n) is 5.41. The van der Waals surface area contributed by atoms with E-state index in [1.807, 2.05) is 0 Å². The topological polar surface area (TPSA) is 106 Å². The highest BCUT2D eigenvalue weighted by atomic mass is 35.5. The van der Waals surface area contributed by atoms with Gasteiger partial charge in [0.1, 0.15) is 27.5 Å². The van der Waals surface area contributed by atoms with Crippen molar-refractivity contribution in [1.82, 2.24) is 0 Å². The smallest absolute Gasteiger partial charge is 0.348 e. The summed E-state index contributed by atoms with van der Waals surface area (Å²) >= 11 is 6.12. The van der Waals surface area contributed by atoms with Gasteiger partial charge in [-0.25, -0.2) is 4.79 Å². The van der Waals surface area contributed by atoms with Gasteiger partial charge in [-0.2, -0.15) is 0 Å². The van der Waals surface area contributed by atoms with Crippen LogP contribution in [0, 0.1) is 0 Å². The lowest BCUT2D eigenvalue weighted by Gasteiger charge is -2.30. The van der Waals surface area contributed by atoms with Crippen LogP contribution in [0.4, 0.5) is 0 Å². The van der Waals surface area contributed by atoms with Crippen molar-refractivity contribution >= 4 is 28.2 Å². The summed E-state index contributed by atoms with van der Waals surface area (Å²) in [5.41, 5.74) is -2.84. The molecule has 0 saturated carbocycles. The van der Waals surface area contributed by atoms with E-state index in [1.165, 1.54) is 33.3 Å². The van der Waals surface area contributed by atoms with Gasteiger partial charge in [-0.15, -0.1) is 0 Å². The maximum atomic E-state index is 12.5. The number of allylic oxidation sites excluding steroid dienone is 1. The van der Waals surface area contributed by atoms with Gasteiger partial charge in [0.2, 0.25) is 0 Å². The number of aliphatic hydroxyl groups is 1. The number of benzene rings is 1. The van der Waals surface area contributed by atoms with Crippen LogP contribution in [-0.2, 0) is 10.3 Å². The first-order chi connectivity index (χ1) is 11.2. The van der Waals surface area contributed by atoms with E-state index in [2.05, 4.69) is 0 Å². The van der Waals surface area contributed by atoms with Crippen LogP contribution in [0.3, 0.4) is 0 Å². The second-order valence-corrected chi connectivity index (χ2v) is 5.79. The third-order valence-corrected chi connectivity index (χ3v) is 4.49. The standard InChI is InChI=1S/C16H13ClO7/c1-16(21)10-7-4-6(22-2)5-8(18)9(7)15(20)24-12(10)11(19)13(23-3)14(16)17/h4-5,18,21H,1-3H3/t16-/m1/s1. The molecule has 1 aromatic heterocycles. The molecule has 0 saturated heterocycles. The van der Waals surface area contributed by atoms with Gasteiger partial charge in [0, 0.05) is 17.0 Å². The van der Waals surface area contributed by atoms with Crippen LogP contribution in [0.5, 0.6) is 11.5 Å². The highest BCUT2D eigenvalue weighted by molar-refractivity contribution is 6.34. The van der Waals surface area contributed by atoms with E-state index in [-0.39, 0.29) is 32.9 Å². The summed E-state index contributed by atoms with van der Waals surface area (Å²) in [6.07, 6.45) is 0. The number of carbonyl (C=O) groups excluding carboxylic acids is 1. The van der Waals surface area contributed by atoms with Gasteiger partial charge in [-0.05, 0) is 13.0 Å². The Balaban J connectivity index is 2.55. The summed E-state index contributed by atoms with van der Waals surface area (Å²) < 4.78 is 15.1. The largest absolute Gasteiger partial charge is 0.507 e. The van der Waals surface area contributed by atoms with Crippen molar-refractivity contribution in [1.29, 1.82) is 0 Å². The lowest BCUT2D eigenvalue weighted by atomic mass is 9.84. The molecule has 24 heavy (non-hydrogen) atoms. The highest BCUT2D eigenvalue weighted by Gasteiger charge is 2.45. The number of Topliss-reactive ketones (excluding diaryl/α,β-unsaturated/α-hetero) is 1. The first-order valence-electron chi connectivity index (χ1n) is 6.83. The van der Waals surface area contributed by atoms with Crippen LogP contribution in [-0.4, -0.2) is 30.2 Å². The average molecular weight is 353 g/mol. The fourth-order valence-corrected chi connectivity index (χ4v) is 3.06. The van der Waals surface area contributed by atoms with Crippen molar-refractivity contribution in [3.05, 3.63) is 44.7 Å². The van der Waals surface area contributed by atoms with E-state index in [1.54, 1.807) is 0 Å². The third kappa shape index (κ3) is 2.02. The number of aromatic hydroxyl groups is 1. The summed E-state index contributed by atoms with van der Waals surface area (Å²) in [6.45, 7) is 1.33. The highest BCUT2D eigenvalue weighted by Crippen LogP contribution is 2.45. The average Bonchev–Trinajstić information content (AvgIpc) is 2.52. The number of carbonyl (C=O) groups is 1. The van der Waals surface area contributed by atoms with Crippen molar-refractivity contribution in [2.75, 3.05) is 14.2 Å². The Morgan fingerprint density at radius 1 is 1.21 bits per heavy atom. The minimum atomic E-state index is -1.87. The molecule has 1 aliphatic carbocycles. The Labute approximate surface area is 140 Å². The molecule has 2 aromatic rings. The van der Waals surface area contributed by atoms with Gasteiger partial charge >= 0.3 is 5.63 Å².